The lowest BCUT2D eigenvalue weighted by atomic mass is 9.90. The summed E-state index contributed by atoms with van der Waals surface area (Å²) >= 11 is 0. The minimum atomic E-state index is -0.955. The number of fused-ring (bicyclic) bond motifs is 1. The number of piperidine rings is 2. The fourth-order valence-electron chi connectivity index (χ4n) is 4.78. The molecule has 3 heterocycles. The van der Waals surface area contributed by atoms with Crippen molar-refractivity contribution in [1.82, 2.24) is 15.1 Å². The highest BCUT2D eigenvalue weighted by molar-refractivity contribution is 6.23. The average Bonchev–Trinajstić information content (AvgIpc) is 3.01. The number of amides is 5. The van der Waals surface area contributed by atoms with Crippen LogP contribution in [-0.4, -0.2) is 64.3 Å². The Hall–Kier alpha value is -3.23. The summed E-state index contributed by atoms with van der Waals surface area (Å²) in [7, 11) is 0. The van der Waals surface area contributed by atoms with E-state index in [0.29, 0.717) is 30.1 Å². The molecule has 1 aromatic rings. The largest absolute Gasteiger partial charge is 0.444 e. The number of nitrogens with one attached hydrogen (secondary N) is 1. The van der Waals surface area contributed by atoms with Crippen molar-refractivity contribution in [1.29, 1.82) is 0 Å². The van der Waals surface area contributed by atoms with Crippen molar-refractivity contribution >= 4 is 29.7 Å². The van der Waals surface area contributed by atoms with Crippen molar-refractivity contribution in [2.45, 2.75) is 70.9 Å². The first-order valence-corrected chi connectivity index (χ1v) is 11.9. The Morgan fingerprint density at radius 1 is 1.03 bits per heavy atom. The van der Waals surface area contributed by atoms with Crippen LogP contribution in [0.2, 0.25) is 0 Å². The summed E-state index contributed by atoms with van der Waals surface area (Å²) in [6.45, 7) is 6.90. The van der Waals surface area contributed by atoms with Crippen molar-refractivity contribution in [2.75, 3.05) is 13.1 Å². The normalized spacial score (nSPS) is 21.6. The summed E-state index contributed by atoms with van der Waals surface area (Å²) in [5.74, 6) is -1.51. The minimum Gasteiger partial charge on any atom is -0.444 e. The van der Waals surface area contributed by atoms with Gasteiger partial charge in [0, 0.05) is 19.5 Å². The van der Waals surface area contributed by atoms with Gasteiger partial charge in [0.15, 0.2) is 0 Å². The Labute approximate surface area is 198 Å². The van der Waals surface area contributed by atoms with Gasteiger partial charge in [-0.05, 0) is 76.5 Å². The van der Waals surface area contributed by atoms with E-state index in [0.717, 1.165) is 36.1 Å². The highest BCUT2D eigenvalue weighted by Crippen LogP contribution is 2.30. The first-order chi connectivity index (χ1) is 16.0. The second-order valence-electron chi connectivity index (χ2n) is 10.3. The van der Waals surface area contributed by atoms with E-state index in [1.807, 2.05) is 26.8 Å². The standard InChI is InChI=1S/C25H31N3O6/c1-25(2,3)34-24(33)27-12-10-15(11-13-27)4-5-16-6-7-17-18(14-16)23(32)28(22(17)31)19-8-9-20(29)26-21(19)30/h6-7,14-15,19H,4-5,8-13H2,1-3H3,(H,26,29,30). The summed E-state index contributed by atoms with van der Waals surface area (Å²) < 4.78 is 5.45. The SMILES string of the molecule is CC(C)(C)OC(=O)N1CCC(CCc2ccc3c(c2)C(=O)N(C2CCC(=O)NC2=O)C3=O)CC1. The number of aryl methyl sites for hydroxylation is 1. The second kappa shape index (κ2) is 9.19. The molecule has 3 aliphatic heterocycles. The number of carbonyl (C=O) groups is 5. The highest BCUT2D eigenvalue weighted by Gasteiger charge is 2.44. The van der Waals surface area contributed by atoms with Crippen LogP contribution in [0.1, 0.15) is 79.2 Å². The Bertz CT molecular complexity index is 1040. The lowest BCUT2D eigenvalue weighted by Crippen LogP contribution is -2.54. The molecule has 0 bridgehead atoms. The molecule has 1 N–H and O–H groups in total. The van der Waals surface area contributed by atoms with Crippen LogP contribution in [0.3, 0.4) is 0 Å². The number of hydrogen-bond acceptors (Lipinski definition) is 6. The van der Waals surface area contributed by atoms with Gasteiger partial charge >= 0.3 is 6.09 Å². The van der Waals surface area contributed by atoms with Gasteiger partial charge in [0.1, 0.15) is 11.6 Å². The van der Waals surface area contributed by atoms with Crippen molar-refractivity contribution in [3.63, 3.8) is 0 Å². The molecule has 2 fully saturated rings. The molecule has 0 saturated carbocycles. The summed E-state index contributed by atoms with van der Waals surface area (Å²) in [5.41, 5.74) is 1.06. The molecule has 2 saturated heterocycles. The maximum Gasteiger partial charge on any atom is 0.410 e. The van der Waals surface area contributed by atoms with Gasteiger partial charge in [-0.25, -0.2) is 4.79 Å². The van der Waals surface area contributed by atoms with E-state index in [1.165, 1.54) is 0 Å². The number of benzene rings is 1. The van der Waals surface area contributed by atoms with E-state index < -0.39 is 35.3 Å². The predicted molar refractivity (Wildman–Crippen MR) is 122 cm³/mol. The third-order valence-electron chi connectivity index (χ3n) is 6.61. The van der Waals surface area contributed by atoms with E-state index in [4.69, 9.17) is 4.74 Å². The van der Waals surface area contributed by atoms with Gasteiger partial charge in [0.2, 0.25) is 11.8 Å². The smallest absolute Gasteiger partial charge is 0.410 e. The molecule has 9 nitrogen and oxygen atoms in total. The number of ether oxygens (including phenoxy) is 1. The van der Waals surface area contributed by atoms with Crippen LogP contribution in [0, 0.1) is 5.92 Å². The second-order valence-corrected chi connectivity index (χ2v) is 10.3. The molecular formula is C25H31N3O6. The van der Waals surface area contributed by atoms with Crippen LogP contribution in [0.5, 0.6) is 0 Å². The van der Waals surface area contributed by atoms with Gasteiger partial charge in [0.05, 0.1) is 11.1 Å². The molecule has 0 aromatic heterocycles. The molecule has 3 aliphatic rings. The van der Waals surface area contributed by atoms with Gasteiger partial charge in [-0.15, -0.1) is 0 Å². The van der Waals surface area contributed by atoms with Crippen LogP contribution >= 0.6 is 0 Å². The topological polar surface area (TPSA) is 113 Å². The molecule has 1 aromatic carbocycles. The van der Waals surface area contributed by atoms with Crippen LogP contribution in [-0.2, 0) is 20.7 Å². The van der Waals surface area contributed by atoms with E-state index in [2.05, 4.69) is 5.32 Å². The fourth-order valence-corrected chi connectivity index (χ4v) is 4.78. The Balaban J connectivity index is 1.34. The fraction of sp³-hybridized carbons (Fsp3) is 0.560. The summed E-state index contributed by atoms with van der Waals surface area (Å²) in [6, 6.07) is 4.30. The first-order valence-electron chi connectivity index (χ1n) is 11.9. The zero-order valence-electron chi connectivity index (χ0n) is 19.9. The van der Waals surface area contributed by atoms with Crippen LogP contribution in [0.4, 0.5) is 4.79 Å². The molecule has 0 aliphatic carbocycles. The minimum absolute atomic E-state index is 0.0990. The molecular weight excluding hydrogens is 438 g/mol. The highest BCUT2D eigenvalue weighted by atomic mass is 16.6. The number of rotatable bonds is 4. The van der Waals surface area contributed by atoms with Crippen molar-refractivity contribution in [3.05, 3.63) is 34.9 Å². The molecule has 4 rings (SSSR count). The lowest BCUT2D eigenvalue weighted by Gasteiger charge is -2.33. The van der Waals surface area contributed by atoms with Gasteiger partial charge in [-0.3, -0.25) is 29.4 Å². The quantitative estimate of drug-likeness (QED) is 0.679. The maximum absolute atomic E-state index is 13.0. The van der Waals surface area contributed by atoms with Crippen molar-refractivity contribution in [2.24, 2.45) is 5.92 Å². The first kappa shape index (κ1) is 23.9. The Kier molecular flexibility index (Phi) is 6.47. The predicted octanol–water partition coefficient (Wildman–Crippen LogP) is 2.67. The van der Waals surface area contributed by atoms with Crippen LogP contribution < -0.4 is 5.32 Å². The number of hydrogen-bond donors (Lipinski definition) is 1. The number of carbonyl (C=O) groups excluding carboxylic acids is 5. The monoisotopic (exact) mass is 469 g/mol. The molecule has 5 amide bonds. The lowest BCUT2D eigenvalue weighted by molar-refractivity contribution is -0.136. The van der Waals surface area contributed by atoms with Crippen LogP contribution in [0.15, 0.2) is 18.2 Å². The maximum atomic E-state index is 13.0. The van der Waals surface area contributed by atoms with E-state index in [-0.39, 0.29) is 18.9 Å². The van der Waals surface area contributed by atoms with Crippen molar-refractivity contribution in [3.8, 4) is 0 Å². The Morgan fingerprint density at radius 2 is 1.71 bits per heavy atom. The number of nitrogens with zero attached hydrogens (tertiary/aromatic N) is 2. The molecule has 1 atom stereocenters. The molecule has 1 unspecified atom stereocenters. The van der Waals surface area contributed by atoms with Gasteiger partial charge in [-0.2, -0.15) is 0 Å². The van der Waals surface area contributed by atoms with E-state index >= 15 is 0 Å². The zero-order valence-corrected chi connectivity index (χ0v) is 19.9. The molecule has 0 radical (unpaired) electrons. The summed E-state index contributed by atoms with van der Waals surface area (Å²) in [4.78, 5) is 64.4. The number of imide groups is 2. The van der Waals surface area contributed by atoms with E-state index in [1.54, 1.807) is 17.0 Å². The van der Waals surface area contributed by atoms with Crippen molar-refractivity contribution < 1.29 is 28.7 Å². The Morgan fingerprint density at radius 3 is 2.35 bits per heavy atom. The third kappa shape index (κ3) is 4.98. The average molecular weight is 470 g/mol. The van der Waals surface area contributed by atoms with Gasteiger partial charge < -0.3 is 9.64 Å². The van der Waals surface area contributed by atoms with Crippen LogP contribution in [0.25, 0.3) is 0 Å². The third-order valence-corrected chi connectivity index (χ3v) is 6.61. The summed E-state index contributed by atoms with van der Waals surface area (Å²) in [6.07, 6.45) is 3.43. The van der Waals surface area contributed by atoms with E-state index in [9.17, 15) is 24.0 Å². The molecule has 182 valence electrons. The summed E-state index contributed by atoms with van der Waals surface area (Å²) in [5, 5.41) is 2.21. The molecule has 34 heavy (non-hydrogen) atoms. The molecule has 0 spiro atoms. The van der Waals surface area contributed by atoms with Gasteiger partial charge in [0.25, 0.3) is 11.8 Å². The van der Waals surface area contributed by atoms with Gasteiger partial charge in [-0.1, -0.05) is 6.07 Å². The zero-order chi connectivity index (χ0) is 24.6. The molecule has 9 heteroatoms. The number of likely N-dealkylation sites (tertiary alicyclic amines) is 1.